The van der Waals surface area contributed by atoms with Crippen LogP contribution in [-0.4, -0.2) is 19.9 Å². The van der Waals surface area contributed by atoms with Gasteiger partial charge in [0.25, 0.3) is 11.6 Å². The van der Waals surface area contributed by atoms with Gasteiger partial charge in [-0.2, -0.15) is 10.5 Å². The Hall–Kier alpha value is -8.44. The van der Waals surface area contributed by atoms with Crippen LogP contribution in [0.15, 0.2) is 133 Å². The van der Waals surface area contributed by atoms with Gasteiger partial charge in [0.15, 0.2) is 11.6 Å². The van der Waals surface area contributed by atoms with Gasteiger partial charge < -0.3 is 9.69 Å². The minimum atomic E-state index is -0.133. The zero-order valence-corrected chi connectivity index (χ0v) is 28.2. The van der Waals surface area contributed by atoms with E-state index in [-0.39, 0.29) is 11.6 Å². The summed E-state index contributed by atoms with van der Waals surface area (Å²) >= 11 is 0. The van der Waals surface area contributed by atoms with Crippen molar-refractivity contribution in [1.29, 1.82) is 10.5 Å². The Morgan fingerprint density at radius 1 is 0.444 bits per heavy atom. The maximum Gasteiger partial charge on any atom is 0.300 e. The highest BCUT2D eigenvalue weighted by atomic mass is 15.4. The number of benzene rings is 6. The van der Waals surface area contributed by atoms with Crippen LogP contribution in [0.1, 0.15) is 11.1 Å². The van der Waals surface area contributed by atoms with Gasteiger partial charge in [-0.15, -0.1) is 9.97 Å². The number of anilines is 6. The Labute approximate surface area is 309 Å². The summed E-state index contributed by atoms with van der Waals surface area (Å²) in [7, 11) is 0. The van der Waals surface area contributed by atoms with Crippen molar-refractivity contribution < 1.29 is 0 Å². The minimum absolute atomic E-state index is 0.133. The summed E-state index contributed by atoms with van der Waals surface area (Å²) < 4.78 is 0. The van der Waals surface area contributed by atoms with Crippen LogP contribution in [0.3, 0.4) is 0 Å². The predicted octanol–water partition coefficient (Wildman–Crippen LogP) is 11.0. The first-order valence-electron chi connectivity index (χ1n) is 16.7. The smallest absolute Gasteiger partial charge is 0.300 e. The Bertz CT molecular complexity index is 2790. The third-order valence-electron chi connectivity index (χ3n) is 9.30. The molecule has 0 N–H and O–H groups in total. The molecule has 248 valence electrons. The van der Waals surface area contributed by atoms with Gasteiger partial charge in [-0.1, -0.05) is 98.1 Å². The maximum atomic E-state index is 9.58. The standard InChI is InChI=1S/C44H22N10/c1-47-39-40(48-2)52-44-43(51-39)53(35-21-19-29-7-3-5-9-33(29)23-35)41-42(54(44)36-22-20-30-8-4-6-10-34(30)24-36)50-38(32-17-13-28(26-46)14-18-32)37(49-41)31-15-11-27(25-45)12-16-31/h3-24H. The maximum absolute atomic E-state index is 9.58. The number of fused-ring (bicyclic) bond motifs is 4. The summed E-state index contributed by atoms with van der Waals surface area (Å²) in [5, 5.41) is 23.2. The Balaban J connectivity index is 1.41. The minimum Gasteiger partial charge on any atom is -0.370 e. The molecule has 0 amide bonds. The molecule has 0 radical (unpaired) electrons. The van der Waals surface area contributed by atoms with Crippen molar-refractivity contribution in [2.24, 2.45) is 0 Å². The molecule has 54 heavy (non-hydrogen) atoms. The van der Waals surface area contributed by atoms with Crippen molar-refractivity contribution in [3.8, 4) is 34.7 Å². The second-order valence-corrected chi connectivity index (χ2v) is 12.4. The molecule has 1 aliphatic rings. The van der Waals surface area contributed by atoms with E-state index in [9.17, 15) is 10.5 Å². The van der Waals surface area contributed by atoms with Crippen LogP contribution in [0.5, 0.6) is 0 Å². The van der Waals surface area contributed by atoms with Gasteiger partial charge in [0.2, 0.25) is 0 Å². The summed E-state index contributed by atoms with van der Waals surface area (Å²) in [5.74, 6) is 1.15. The van der Waals surface area contributed by atoms with E-state index in [1.165, 1.54) is 0 Å². The molecular weight excluding hydrogens is 669 g/mol. The van der Waals surface area contributed by atoms with Gasteiger partial charge >= 0.3 is 11.6 Å². The quantitative estimate of drug-likeness (QED) is 0.168. The molecule has 2 aromatic heterocycles. The molecule has 0 fully saturated rings. The van der Waals surface area contributed by atoms with Crippen molar-refractivity contribution in [2.45, 2.75) is 0 Å². The third-order valence-corrected chi connectivity index (χ3v) is 9.30. The van der Waals surface area contributed by atoms with Crippen LogP contribution < -0.4 is 9.80 Å². The van der Waals surface area contributed by atoms with E-state index in [1.807, 2.05) is 119 Å². The fraction of sp³-hybridized carbons (Fsp3) is 0. The lowest BCUT2D eigenvalue weighted by Gasteiger charge is -2.34. The van der Waals surface area contributed by atoms with Crippen LogP contribution >= 0.6 is 0 Å². The Morgan fingerprint density at radius 3 is 1.19 bits per heavy atom. The number of hydrogen-bond donors (Lipinski definition) is 0. The first kappa shape index (κ1) is 31.5. The highest BCUT2D eigenvalue weighted by Gasteiger charge is 2.42. The second-order valence-electron chi connectivity index (χ2n) is 12.4. The van der Waals surface area contributed by atoms with E-state index in [0.29, 0.717) is 68.3 Å². The predicted molar refractivity (Wildman–Crippen MR) is 208 cm³/mol. The molecule has 0 atom stereocenters. The zero-order chi connectivity index (χ0) is 36.8. The van der Waals surface area contributed by atoms with E-state index in [2.05, 4.69) is 21.8 Å². The molecule has 3 heterocycles. The van der Waals surface area contributed by atoms with E-state index < -0.39 is 0 Å². The molecule has 8 aromatic rings. The molecule has 9 rings (SSSR count). The van der Waals surface area contributed by atoms with Crippen LogP contribution in [0.2, 0.25) is 0 Å². The number of hydrogen-bond acceptors (Lipinski definition) is 8. The monoisotopic (exact) mass is 690 g/mol. The van der Waals surface area contributed by atoms with E-state index in [0.717, 1.165) is 21.5 Å². The Kier molecular flexibility index (Phi) is 7.42. The molecule has 6 aromatic carbocycles. The lowest BCUT2D eigenvalue weighted by Crippen LogP contribution is -2.28. The summed E-state index contributed by atoms with van der Waals surface area (Å²) in [6.45, 7) is 15.9. The fourth-order valence-corrected chi connectivity index (χ4v) is 6.70. The normalized spacial score (nSPS) is 11.6. The van der Waals surface area contributed by atoms with Crippen molar-refractivity contribution in [2.75, 3.05) is 9.80 Å². The summed E-state index contributed by atoms with van der Waals surface area (Å²) in [5.41, 5.74) is 4.84. The molecule has 10 heteroatoms. The largest absolute Gasteiger partial charge is 0.370 e. The van der Waals surface area contributed by atoms with Crippen LogP contribution in [-0.2, 0) is 0 Å². The lowest BCUT2D eigenvalue weighted by molar-refractivity contribution is 1.00. The molecule has 0 aliphatic carbocycles. The molecule has 0 saturated heterocycles. The molecule has 10 nitrogen and oxygen atoms in total. The van der Waals surface area contributed by atoms with Gasteiger partial charge in [-0.25, -0.2) is 9.97 Å². The molecule has 0 unspecified atom stereocenters. The molecule has 0 saturated carbocycles. The van der Waals surface area contributed by atoms with Crippen LogP contribution in [0, 0.1) is 35.8 Å². The number of rotatable bonds is 4. The van der Waals surface area contributed by atoms with Crippen molar-refractivity contribution in [3.05, 3.63) is 167 Å². The average Bonchev–Trinajstić information content (AvgIpc) is 3.24. The topological polar surface area (TPSA) is 114 Å². The molecule has 0 bridgehead atoms. The average molecular weight is 691 g/mol. The Morgan fingerprint density at radius 2 is 0.815 bits per heavy atom. The number of nitrogens with zero attached hydrogens (tertiary/aromatic N) is 10. The number of aromatic nitrogens is 4. The number of nitriles is 2. The first-order valence-corrected chi connectivity index (χ1v) is 16.7. The van der Waals surface area contributed by atoms with Gasteiger partial charge in [0, 0.05) is 11.1 Å². The van der Waals surface area contributed by atoms with E-state index in [4.69, 9.17) is 33.1 Å². The van der Waals surface area contributed by atoms with E-state index in [1.54, 1.807) is 24.3 Å². The van der Waals surface area contributed by atoms with Crippen molar-refractivity contribution in [3.63, 3.8) is 0 Å². The van der Waals surface area contributed by atoms with Crippen molar-refractivity contribution in [1.82, 2.24) is 19.9 Å². The van der Waals surface area contributed by atoms with Gasteiger partial charge in [-0.3, -0.25) is 9.80 Å². The highest BCUT2D eigenvalue weighted by molar-refractivity contribution is 6.01. The fourth-order valence-electron chi connectivity index (χ4n) is 6.70. The zero-order valence-electron chi connectivity index (χ0n) is 28.2. The highest BCUT2D eigenvalue weighted by Crippen LogP contribution is 2.54. The summed E-state index contributed by atoms with van der Waals surface area (Å²) in [6.07, 6.45) is 0. The first-order chi connectivity index (χ1) is 26.6. The third kappa shape index (κ3) is 5.17. The van der Waals surface area contributed by atoms with Crippen LogP contribution in [0.4, 0.5) is 46.3 Å². The lowest BCUT2D eigenvalue weighted by atomic mass is 10.0. The van der Waals surface area contributed by atoms with Gasteiger partial charge in [0.05, 0.1) is 46.0 Å². The molecule has 0 spiro atoms. The summed E-state index contributed by atoms with van der Waals surface area (Å²) in [4.78, 5) is 31.3. The van der Waals surface area contributed by atoms with Gasteiger partial charge in [0.1, 0.15) is 0 Å². The molecular formula is C44H22N10. The summed E-state index contributed by atoms with van der Waals surface area (Å²) in [6, 6.07) is 46.6. The molecule has 1 aliphatic heterocycles. The second kappa shape index (κ2) is 12.7. The van der Waals surface area contributed by atoms with Crippen molar-refractivity contribution >= 4 is 67.8 Å². The van der Waals surface area contributed by atoms with Gasteiger partial charge in [-0.05, 0) is 70.1 Å². The SMILES string of the molecule is [C-]#[N+]c1nc2c(nc1[N+]#[C-])N(c1ccc3ccccc3c1)c1nc(-c3ccc(C#N)cc3)c(-c3ccc(C#N)cc3)nc1N2c1ccc2ccccc2c1. The van der Waals surface area contributed by atoms with Crippen LogP contribution in [0.25, 0.3) is 53.7 Å². The van der Waals surface area contributed by atoms with E-state index >= 15 is 0 Å².